The molecule has 1 aromatic carbocycles. The van der Waals surface area contributed by atoms with Crippen LogP contribution < -0.4 is 4.90 Å². The van der Waals surface area contributed by atoms with E-state index < -0.39 is 4.92 Å². The van der Waals surface area contributed by atoms with Crippen LogP contribution in [0.2, 0.25) is 0 Å². The highest BCUT2D eigenvalue weighted by atomic mass is 16.6. The predicted molar refractivity (Wildman–Crippen MR) is 78.2 cm³/mol. The zero-order valence-electron chi connectivity index (χ0n) is 11.6. The quantitative estimate of drug-likeness (QED) is 0.683. The molecule has 1 fully saturated rings. The van der Waals surface area contributed by atoms with E-state index in [0.717, 1.165) is 13.0 Å². The molecule has 1 aliphatic rings. The molecule has 0 saturated carbocycles. The highest BCUT2D eigenvalue weighted by Gasteiger charge is 2.28. The summed E-state index contributed by atoms with van der Waals surface area (Å²) >= 11 is 0. The number of nitrogens with zero attached hydrogens (tertiary/aromatic N) is 4. The zero-order valence-corrected chi connectivity index (χ0v) is 11.6. The Balaban J connectivity index is 2.02. The molecular formula is C14H16N4O3. The lowest BCUT2D eigenvalue weighted by Crippen LogP contribution is -2.24. The third-order valence-electron chi connectivity index (χ3n) is 4.02. The lowest BCUT2D eigenvalue weighted by molar-refractivity contribution is -0.384. The molecule has 7 heteroatoms. The number of nitro benzene ring substituents is 1. The summed E-state index contributed by atoms with van der Waals surface area (Å²) in [6.07, 6.45) is 1.99. The monoisotopic (exact) mass is 288 g/mol. The number of non-ortho nitro benzene ring substituents is 1. The molecule has 0 aliphatic carbocycles. The zero-order chi connectivity index (χ0) is 15.0. The van der Waals surface area contributed by atoms with E-state index in [4.69, 9.17) is 0 Å². The predicted octanol–water partition coefficient (Wildman–Crippen LogP) is 1.75. The van der Waals surface area contributed by atoms with Gasteiger partial charge in [-0.05, 0) is 19.4 Å². The topological polar surface area (TPSA) is 92.4 Å². The Labute approximate surface area is 121 Å². The van der Waals surface area contributed by atoms with Crippen molar-refractivity contribution in [3.05, 3.63) is 34.6 Å². The minimum atomic E-state index is -0.418. The fourth-order valence-electron chi connectivity index (χ4n) is 2.77. The average molecular weight is 288 g/mol. The van der Waals surface area contributed by atoms with Crippen molar-refractivity contribution in [1.82, 2.24) is 9.97 Å². The van der Waals surface area contributed by atoms with Crippen molar-refractivity contribution in [1.29, 1.82) is 0 Å². The fourth-order valence-corrected chi connectivity index (χ4v) is 2.77. The number of fused-ring (bicyclic) bond motifs is 1. The average Bonchev–Trinajstić information content (AvgIpc) is 2.95. The first-order valence-electron chi connectivity index (χ1n) is 6.88. The molecule has 2 heterocycles. The molecule has 7 nitrogen and oxygen atoms in total. The van der Waals surface area contributed by atoms with Crippen molar-refractivity contribution in [3.63, 3.8) is 0 Å². The maximum absolute atomic E-state index is 10.9. The van der Waals surface area contributed by atoms with E-state index >= 15 is 0 Å². The molecule has 1 N–H and O–H groups in total. The van der Waals surface area contributed by atoms with Crippen LogP contribution in [0, 0.1) is 16.0 Å². The molecule has 2 aromatic rings. The van der Waals surface area contributed by atoms with E-state index in [1.165, 1.54) is 18.5 Å². The molecule has 21 heavy (non-hydrogen) atoms. The number of nitro groups is 1. The van der Waals surface area contributed by atoms with E-state index in [9.17, 15) is 15.2 Å². The van der Waals surface area contributed by atoms with Crippen molar-refractivity contribution in [2.45, 2.75) is 19.4 Å². The van der Waals surface area contributed by atoms with Gasteiger partial charge >= 0.3 is 0 Å². The van der Waals surface area contributed by atoms with Crippen molar-refractivity contribution in [2.75, 3.05) is 18.0 Å². The normalized spacial score (nSPS) is 19.9. The maximum atomic E-state index is 10.9. The van der Waals surface area contributed by atoms with Crippen molar-refractivity contribution < 1.29 is 10.0 Å². The number of aromatic nitrogens is 2. The number of aliphatic hydroxyl groups is 1. The van der Waals surface area contributed by atoms with Gasteiger partial charge in [-0.15, -0.1) is 0 Å². The van der Waals surface area contributed by atoms with E-state index in [0.29, 0.717) is 23.3 Å². The van der Waals surface area contributed by atoms with Gasteiger partial charge in [0.1, 0.15) is 12.1 Å². The Morgan fingerprint density at radius 2 is 2.29 bits per heavy atom. The summed E-state index contributed by atoms with van der Waals surface area (Å²) in [5.74, 6) is 0.903. The number of hydrogen-bond acceptors (Lipinski definition) is 6. The molecule has 1 aliphatic heterocycles. The Morgan fingerprint density at radius 1 is 1.48 bits per heavy atom. The second kappa shape index (κ2) is 5.25. The van der Waals surface area contributed by atoms with Gasteiger partial charge in [-0.3, -0.25) is 10.1 Å². The number of rotatable bonds is 3. The molecule has 2 unspecified atom stereocenters. The fraction of sp³-hybridized carbons (Fsp3) is 0.429. The first-order valence-corrected chi connectivity index (χ1v) is 6.88. The van der Waals surface area contributed by atoms with Crippen molar-refractivity contribution in [2.24, 2.45) is 5.92 Å². The van der Waals surface area contributed by atoms with Gasteiger partial charge in [-0.25, -0.2) is 9.97 Å². The molecule has 1 saturated heterocycles. The molecule has 2 atom stereocenters. The lowest BCUT2D eigenvalue weighted by atomic mass is 10.0. The van der Waals surface area contributed by atoms with Crippen LogP contribution in [0.1, 0.15) is 13.3 Å². The van der Waals surface area contributed by atoms with Gasteiger partial charge in [0.15, 0.2) is 0 Å². The highest BCUT2D eigenvalue weighted by molar-refractivity contribution is 5.91. The van der Waals surface area contributed by atoms with Gasteiger partial charge < -0.3 is 10.0 Å². The first-order chi connectivity index (χ1) is 10.1. The molecule has 0 amide bonds. The van der Waals surface area contributed by atoms with E-state index in [2.05, 4.69) is 14.9 Å². The SMILES string of the molecule is CC(O)C1CCN(c2ncnc3ccc([N+](=O)[O-])cc23)C1. The standard InChI is InChI=1S/C14H16N4O3/c1-9(19)10-4-5-17(7-10)14-12-6-11(18(20)21)2-3-13(12)15-8-16-14/h2-3,6,8-10,19H,4-5,7H2,1H3. The summed E-state index contributed by atoms with van der Waals surface area (Å²) in [4.78, 5) is 21.0. The molecule has 0 spiro atoms. The second-order valence-corrected chi connectivity index (χ2v) is 5.39. The summed E-state index contributed by atoms with van der Waals surface area (Å²) < 4.78 is 0. The van der Waals surface area contributed by atoms with Gasteiger partial charge in [0.25, 0.3) is 5.69 Å². The smallest absolute Gasteiger partial charge is 0.270 e. The van der Waals surface area contributed by atoms with Crippen molar-refractivity contribution in [3.8, 4) is 0 Å². The highest BCUT2D eigenvalue weighted by Crippen LogP contribution is 2.31. The Bertz CT molecular complexity index is 689. The van der Waals surface area contributed by atoms with Crippen LogP contribution in [-0.2, 0) is 0 Å². The number of anilines is 1. The van der Waals surface area contributed by atoms with Gasteiger partial charge in [0.2, 0.25) is 0 Å². The van der Waals surface area contributed by atoms with E-state index in [-0.39, 0.29) is 17.7 Å². The van der Waals surface area contributed by atoms with Crippen LogP contribution >= 0.6 is 0 Å². The Kier molecular flexibility index (Phi) is 3.42. The number of hydrogen-bond donors (Lipinski definition) is 1. The summed E-state index contributed by atoms with van der Waals surface area (Å²) in [5.41, 5.74) is 0.718. The number of benzene rings is 1. The molecule has 3 rings (SSSR count). The van der Waals surface area contributed by atoms with E-state index in [1.54, 1.807) is 13.0 Å². The van der Waals surface area contributed by atoms with Crippen LogP contribution in [0.4, 0.5) is 11.5 Å². The Hall–Kier alpha value is -2.28. The van der Waals surface area contributed by atoms with Crippen LogP contribution in [-0.4, -0.2) is 39.2 Å². The van der Waals surface area contributed by atoms with Crippen LogP contribution in [0.3, 0.4) is 0 Å². The Morgan fingerprint density at radius 3 is 2.95 bits per heavy atom. The summed E-state index contributed by atoms with van der Waals surface area (Å²) in [6, 6.07) is 4.60. The summed E-state index contributed by atoms with van der Waals surface area (Å²) in [7, 11) is 0. The van der Waals surface area contributed by atoms with Crippen LogP contribution in [0.5, 0.6) is 0 Å². The van der Waals surface area contributed by atoms with Gasteiger partial charge in [0, 0.05) is 36.5 Å². The van der Waals surface area contributed by atoms with Crippen molar-refractivity contribution >= 4 is 22.4 Å². The third kappa shape index (κ3) is 2.52. The van der Waals surface area contributed by atoms with E-state index in [1.807, 2.05) is 0 Å². The van der Waals surface area contributed by atoms with Gasteiger partial charge in [-0.2, -0.15) is 0 Å². The van der Waals surface area contributed by atoms with Gasteiger partial charge in [-0.1, -0.05) is 0 Å². The van der Waals surface area contributed by atoms with Crippen LogP contribution in [0.15, 0.2) is 24.5 Å². The first kappa shape index (κ1) is 13.7. The van der Waals surface area contributed by atoms with Crippen LogP contribution in [0.25, 0.3) is 10.9 Å². The second-order valence-electron chi connectivity index (χ2n) is 5.39. The molecule has 0 radical (unpaired) electrons. The molecular weight excluding hydrogens is 272 g/mol. The molecule has 1 aromatic heterocycles. The maximum Gasteiger partial charge on any atom is 0.270 e. The summed E-state index contributed by atoms with van der Waals surface area (Å²) in [6.45, 7) is 3.27. The number of aliphatic hydroxyl groups excluding tert-OH is 1. The lowest BCUT2D eigenvalue weighted by Gasteiger charge is -2.19. The minimum Gasteiger partial charge on any atom is -0.393 e. The van der Waals surface area contributed by atoms with Gasteiger partial charge in [0.05, 0.1) is 16.5 Å². The molecule has 110 valence electrons. The summed E-state index contributed by atoms with van der Waals surface area (Å²) in [5, 5.41) is 21.3. The third-order valence-corrected chi connectivity index (χ3v) is 4.02. The minimum absolute atomic E-state index is 0.0322. The largest absolute Gasteiger partial charge is 0.393 e. The molecule has 0 bridgehead atoms.